The highest BCUT2D eigenvalue weighted by molar-refractivity contribution is 5.48. The van der Waals surface area contributed by atoms with Crippen molar-refractivity contribution in [3.8, 4) is 28.7 Å². The summed E-state index contributed by atoms with van der Waals surface area (Å²) in [5.41, 5.74) is 4.91. The first-order chi connectivity index (χ1) is 47.2. The highest BCUT2D eigenvalue weighted by atomic mass is 16.5. The first-order valence-electron chi connectivity index (χ1n) is 38.4. The normalized spacial score (nSPS) is 21.7. The Labute approximate surface area is 585 Å². The Bertz CT molecular complexity index is 2620. The van der Waals surface area contributed by atoms with Gasteiger partial charge in [0.15, 0.2) is 0 Å². The number of hydrogen-bond donors (Lipinski definition) is 8. The summed E-state index contributed by atoms with van der Waals surface area (Å²) in [6.07, 6.45) is 31.7. The number of aliphatic hydroxyl groups is 7. The molecule has 5 aliphatic rings. The number of anilines is 1. The third-order valence-corrected chi connectivity index (χ3v) is 19.8. The number of rotatable bonds is 30. The summed E-state index contributed by atoms with van der Waals surface area (Å²) in [5, 5.41) is 72.4. The van der Waals surface area contributed by atoms with Crippen LogP contribution in [-0.4, -0.2) is 93.6 Å². The van der Waals surface area contributed by atoms with Crippen molar-refractivity contribution >= 4 is 5.69 Å². The smallest absolute Gasteiger partial charge is 0.121 e. The van der Waals surface area contributed by atoms with Crippen molar-refractivity contribution in [3.05, 3.63) is 144 Å². The fourth-order valence-electron chi connectivity index (χ4n) is 14.0. The van der Waals surface area contributed by atoms with Gasteiger partial charge in [-0.3, -0.25) is 0 Å². The van der Waals surface area contributed by atoms with Gasteiger partial charge in [0.2, 0.25) is 0 Å². The Balaban J connectivity index is 0.000000192. The van der Waals surface area contributed by atoms with Gasteiger partial charge in [-0.05, 0) is 228 Å². The molecular formula is C84H129NO12. The lowest BCUT2D eigenvalue weighted by molar-refractivity contribution is 0.0807. The lowest BCUT2D eigenvalue weighted by Gasteiger charge is -2.25. The molecule has 0 radical (unpaired) electrons. The summed E-state index contributed by atoms with van der Waals surface area (Å²) in [7, 11) is 0. The van der Waals surface area contributed by atoms with Gasteiger partial charge in [-0.2, -0.15) is 0 Å². The Morgan fingerprint density at radius 3 is 0.866 bits per heavy atom. The van der Waals surface area contributed by atoms with Crippen LogP contribution in [0.4, 0.5) is 5.69 Å². The third-order valence-electron chi connectivity index (χ3n) is 19.8. The van der Waals surface area contributed by atoms with Crippen LogP contribution in [0.2, 0.25) is 0 Å². The second-order valence-corrected chi connectivity index (χ2v) is 28.6. The molecule has 8 N–H and O–H groups in total. The van der Waals surface area contributed by atoms with E-state index in [0.717, 1.165) is 223 Å². The quantitative estimate of drug-likeness (QED) is 0.0216. The van der Waals surface area contributed by atoms with E-state index >= 15 is 0 Å². The molecule has 5 aromatic rings. The summed E-state index contributed by atoms with van der Waals surface area (Å²) in [5.74, 6) is 7.19. The van der Waals surface area contributed by atoms with Gasteiger partial charge in [0.05, 0.1) is 75.8 Å². The molecule has 97 heavy (non-hydrogen) atoms. The molecule has 5 saturated carbocycles. The van der Waals surface area contributed by atoms with E-state index in [0.29, 0.717) is 37.6 Å². The van der Waals surface area contributed by atoms with Gasteiger partial charge >= 0.3 is 0 Å². The van der Waals surface area contributed by atoms with Crippen LogP contribution >= 0.6 is 0 Å². The van der Waals surface area contributed by atoms with Crippen LogP contribution in [0.1, 0.15) is 280 Å². The molecule has 13 nitrogen and oxygen atoms in total. The molecule has 5 aromatic carbocycles. The SMILES string of the molecule is CCCC(O)c1cccc(OCC2CCCCC2)c1.CCCNc1cccc(OCC2CCCCC2)c1.CCC[C@@H](O)c1cccc(OC[C@@H]2CCC[C@@H](O)C2)c1.CCC[C@@H](O)c1cccc(OC[C@@H]2CCC[C@H](O)C2)c1.CCC[C@@H](O)c1cccc(OC[C@H]2CCC[C@@H](O)C2)c1. The average molecular weight is 1340 g/mol. The maximum atomic E-state index is 10.0. The van der Waals surface area contributed by atoms with Crippen LogP contribution in [0.25, 0.3) is 0 Å². The summed E-state index contributed by atoms with van der Waals surface area (Å²) in [6.45, 7) is 15.2. The first kappa shape index (κ1) is 80.6. The molecule has 5 fully saturated rings. The van der Waals surface area contributed by atoms with Gasteiger partial charge in [0, 0.05) is 18.3 Å². The minimum Gasteiger partial charge on any atom is -0.493 e. The molecule has 10 atom stereocenters. The van der Waals surface area contributed by atoms with E-state index in [9.17, 15) is 35.7 Å². The molecule has 0 aromatic heterocycles. The number of hydrogen-bond acceptors (Lipinski definition) is 13. The van der Waals surface area contributed by atoms with Crippen molar-refractivity contribution in [2.24, 2.45) is 29.6 Å². The molecule has 5 aliphatic carbocycles. The maximum Gasteiger partial charge on any atom is 0.121 e. The third kappa shape index (κ3) is 32.7. The van der Waals surface area contributed by atoms with Crippen molar-refractivity contribution in [1.29, 1.82) is 0 Å². The zero-order chi connectivity index (χ0) is 69.2. The highest BCUT2D eigenvalue weighted by Gasteiger charge is 2.24. The number of nitrogens with one attached hydrogen (secondary N) is 1. The Hall–Kier alpha value is -5.38. The van der Waals surface area contributed by atoms with E-state index < -0.39 is 18.3 Å². The second-order valence-electron chi connectivity index (χ2n) is 28.6. The van der Waals surface area contributed by atoms with Gasteiger partial charge in [-0.25, -0.2) is 0 Å². The van der Waals surface area contributed by atoms with E-state index in [2.05, 4.69) is 64.2 Å². The Morgan fingerprint density at radius 1 is 0.320 bits per heavy atom. The minimum absolute atomic E-state index is 0.157. The fourth-order valence-corrected chi connectivity index (χ4v) is 14.0. The molecule has 0 amide bonds. The lowest BCUT2D eigenvalue weighted by Crippen LogP contribution is -2.24. The predicted octanol–water partition coefficient (Wildman–Crippen LogP) is 19.3. The predicted molar refractivity (Wildman–Crippen MR) is 395 cm³/mol. The molecule has 10 rings (SSSR count). The van der Waals surface area contributed by atoms with E-state index in [1.807, 2.05) is 97.1 Å². The molecule has 0 saturated heterocycles. The number of benzene rings is 5. The molecular weight excluding hydrogens is 1210 g/mol. The summed E-state index contributed by atoms with van der Waals surface area (Å²) in [4.78, 5) is 0. The van der Waals surface area contributed by atoms with Crippen molar-refractivity contribution in [1.82, 2.24) is 0 Å². The van der Waals surface area contributed by atoms with Crippen molar-refractivity contribution in [2.45, 2.75) is 276 Å². The number of ether oxygens (including phenoxy) is 5. The average Bonchev–Trinajstić information content (AvgIpc) is 1.89. The van der Waals surface area contributed by atoms with Gasteiger partial charge < -0.3 is 64.7 Å². The fraction of sp³-hybridized carbons (Fsp3) is 0.643. The standard InChI is InChI=1S/3C17H26O3.C17H26O2.C16H25NO/c3*1-2-5-17(19)14-7-4-9-16(11-14)20-12-13-6-3-8-15(18)10-13;1-2-7-17(18)15-10-6-11-16(12-15)19-13-14-8-4-3-5-9-14;1-2-11-17-15-9-6-10-16(12-15)18-13-14-7-4-3-5-8-14/h3*4,7,9,11,13,15,17-19H,2-3,5-6,8,10,12H2,1H3;6,10-12,14,17-18H,2-5,7-9,13H2,1H3;6,9-10,12,14,17H,2-5,7-8,11,13H2,1H3/t13-,15+,17+;13-,15+,17-;13-,15-,17-;;/m011../s1. The van der Waals surface area contributed by atoms with Crippen LogP contribution in [0, 0.1) is 29.6 Å². The van der Waals surface area contributed by atoms with Crippen LogP contribution < -0.4 is 29.0 Å². The summed E-state index contributed by atoms with van der Waals surface area (Å²) in [6, 6.07) is 39.5. The summed E-state index contributed by atoms with van der Waals surface area (Å²) < 4.78 is 29.4. The number of aliphatic hydroxyl groups excluding tert-OH is 7. The summed E-state index contributed by atoms with van der Waals surface area (Å²) >= 11 is 0. The van der Waals surface area contributed by atoms with Gasteiger partial charge in [0.25, 0.3) is 0 Å². The van der Waals surface area contributed by atoms with Gasteiger partial charge in [-0.15, -0.1) is 0 Å². The molecule has 0 bridgehead atoms. The van der Waals surface area contributed by atoms with Crippen LogP contribution in [-0.2, 0) is 0 Å². The monoisotopic (exact) mass is 1340 g/mol. The van der Waals surface area contributed by atoms with Crippen LogP contribution in [0.5, 0.6) is 28.7 Å². The molecule has 13 heteroatoms. The van der Waals surface area contributed by atoms with Crippen LogP contribution in [0.15, 0.2) is 121 Å². The van der Waals surface area contributed by atoms with Gasteiger partial charge in [-0.1, -0.05) is 173 Å². The molecule has 1 unspecified atom stereocenters. The van der Waals surface area contributed by atoms with E-state index in [-0.39, 0.29) is 24.4 Å². The second kappa shape index (κ2) is 47.6. The Kier molecular flexibility index (Phi) is 39.6. The first-order valence-corrected chi connectivity index (χ1v) is 38.4. The largest absolute Gasteiger partial charge is 0.493 e. The van der Waals surface area contributed by atoms with Crippen molar-refractivity contribution in [3.63, 3.8) is 0 Å². The zero-order valence-electron chi connectivity index (χ0n) is 60.3. The van der Waals surface area contributed by atoms with Crippen molar-refractivity contribution < 1.29 is 59.4 Å². The molecule has 0 spiro atoms. The Morgan fingerprint density at radius 2 is 0.588 bits per heavy atom. The van der Waals surface area contributed by atoms with Gasteiger partial charge in [0.1, 0.15) is 28.7 Å². The maximum absolute atomic E-state index is 10.0. The lowest BCUT2D eigenvalue weighted by atomic mass is 9.88. The van der Waals surface area contributed by atoms with Crippen molar-refractivity contribution in [2.75, 3.05) is 44.9 Å². The van der Waals surface area contributed by atoms with E-state index in [4.69, 9.17) is 23.7 Å². The highest BCUT2D eigenvalue weighted by Crippen LogP contribution is 2.33. The molecule has 0 aliphatic heterocycles. The molecule has 0 heterocycles. The van der Waals surface area contributed by atoms with Crippen LogP contribution in [0.3, 0.4) is 0 Å². The van der Waals surface area contributed by atoms with E-state index in [1.165, 1.54) is 64.2 Å². The zero-order valence-corrected chi connectivity index (χ0v) is 60.3. The van der Waals surface area contributed by atoms with E-state index in [1.54, 1.807) is 0 Å². The molecule has 542 valence electrons. The topological polar surface area (TPSA) is 200 Å². The minimum atomic E-state index is -0.403.